The number of nitrogens with one attached hydrogen (secondary N) is 1. The van der Waals surface area contributed by atoms with Crippen LogP contribution in [0.15, 0.2) is 34.4 Å². The molecule has 0 aliphatic carbocycles. The van der Waals surface area contributed by atoms with Crippen molar-refractivity contribution in [3.8, 4) is 11.5 Å². The van der Waals surface area contributed by atoms with Gasteiger partial charge in [0.25, 0.3) is 0 Å². The Labute approximate surface area is 194 Å². The molecule has 2 aromatic heterocycles. The Hall–Kier alpha value is -1.72. The minimum atomic E-state index is 0.101. The lowest BCUT2D eigenvalue weighted by atomic mass is 10.1. The fraction of sp³-hybridized carbons (Fsp3) is 0.429. The zero-order chi connectivity index (χ0) is 21.3. The predicted molar refractivity (Wildman–Crippen MR) is 129 cm³/mol. The second kappa shape index (κ2) is 8.80. The van der Waals surface area contributed by atoms with Gasteiger partial charge in [0.1, 0.15) is 18.7 Å². The van der Waals surface area contributed by atoms with Crippen molar-refractivity contribution in [3.05, 3.63) is 28.0 Å². The summed E-state index contributed by atoms with van der Waals surface area (Å²) >= 11 is 3.95. The number of imidazole rings is 1. The van der Waals surface area contributed by atoms with E-state index in [0.717, 1.165) is 55.7 Å². The zero-order valence-electron chi connectivity index (χ0n) is 17.4. The lowest BCUT2D eigenvalue weighted by Crippen LogP contribution is -2.36. The highest BCUT2D eigenvalue weighted by Gasteiger charge is 2.19. The van der Waals surface area contributed by atoms with Crippen molar-refractivity contribution in [3.63, 3.8) is 0 Å². The number of anilines is 1. The van der Waals surface area contributed by atoms with Gasteiger partial charge in [0, 0.05) is 26.7 Å². The van der Waals surface area contributed by atoms with Gasteiger partial charge in [-0.25, -0.2) is 9.97 Å². The maximum absolute atomic E-state index is 6.12. The Bertz CT molecular complexity index is 1060. The van der Waals surface area contributed by atoms with E-state index in [2.05, 4.69) is 58.2 Å². The van der Waals surface area contributed by atoms with Gasteiger partial charge in [0.15, 0.2) is 22.5 Å². The topological polar surface area (TPSA) is 87.2 Å². The fourth-order valence-corrected chi connectivity index (χ4v) is 4.99. The van der Waals surface area contributed by atoms with Crippen LogP contribution in [0.2, 0.25) is 0 Å². The fourth-order valence-electron chi connectivity index (χ4n) is 3.27. The number of nitrogen functional groups attached to an aromatic ring is 1. The van der Waals surface area contributed by atoms with Gasteiger partial charge in [-0.1, -0.05) is 11.8 Å². The molecule has 0 fully saturated rings. The molecule has 3 aromatic rings. The molecular formula is C21H26IN5O2S. The number of fused-ring (bicyclic) bond motifs is 2. The van der Waals surface area contributed by atoms with E-state index in [1.165, 1.54) is 0 Å². The van der Waals surface area contributed by atoms with E-state index in [4.69, 9.17) is 20.2 Å². The number of nitrogens with zero attached hydrogens (tertiary/aromatic N) is 3. The molecule has 0 atom stereocenters. The third-order valence-corrected chi connectivity index (χ3v) is 6.98. The van der Waals surface area contributed by atoms with Crippen molar-refractivity contribution in [1.82, 2.24) is 19.9 Å². The van der Waals surface area contributed by atoms with Crippen LogP contribution < -0.4 is 20.5 Å². The minimum Gasteiger partial charge on any atom is -0.486 e. The Morgan fingerprint density at radius 3 is 2.70 bits per heavy atom. The van der Waals surface area contributed by atoms with Crippen LogP contribution in [0.4, 0.5) is 5.82 Å². The molecule has 9 heteroatoms. The Balaban J connectivity index is 1.64. The molecule has 0 amide bonds. The minimum absolute atomic E-state index is 0.101. The third kappa shape index (κ3) is 4.78. The van der Waals surface area contributed by atoms with Crippen molar-refractivity contribution in [2.45, 2.75) is 49.3 Å². The third-order valence-electron chi connectivity index (χ3n) is 4.67. The maximum Gasteiger partial charge on any atom is 0.174 e. The molecule has 3 heterocycles. The van der Waals surface area contributed by atoms with E-state index in [1.54, 1.807) is 18.0 Å². The van der Waals surface area contributed by atoms with Gasteiger partial charge in [0.05, 0.1) is 5.52 Å². The largest absolute Gasteiger partial charge is 0.486 e. The van der Waals surface area contributed by atoms with Gasteiger partial charge < -0.3 is 25.1 Å². The molecule has 7 nitrogen and oxygen atoms in total. The number of aromatic nitrogens is 3. The standard InChI is InChI=1S/C21H26IN5O2S/c1-21(2,3)25-6-4-8-27-14-5-7-24-19(23)18(14)26-20(27)30-17-12-16-15(11-13(17)22)28-9-10-29-16/h5,7,11-12,25H,4,6,8-10H2,1-3H3,(H2,23,24). The SMILES string of the molecule is CC(C)(C)NCCCn1c(Sc2cc3c(cc2I)OCCO3)nc2c(N)nccc21. The van der Waals surface area contributed by atoms with Gasteiger partial charge in [-0.3, -0.25) is 0 Å². The van der Waals surface area contributed by atoms with E-state index < -0.39 is 0 Å². The first-order chi connectivity index (χ1) is 14.3. The van der Waals surface area contributed by atoms with Crippen LogP contribution in [-0.4, -0.2) is 39.8 Å². The van der Waals surface area contributed by atoms with Crippen molar-refractivity contribution in [2.75, 3.05) is 25.5 Å². The Kier molecular flexibility index (Phi) is 6.31. The van der Waals surface area contributed by atoms with Gasteiger partial charge in [0.2, 0.25) is 0 Å². The maximum atomic E-state index is 6.12. The average Bonchev–Trinajstić information content (AvgIpc) is 3.04. The highest BCUT2D eigenvalue weighted by Crippen LogP contribution is 2.41. The van der Waals surface area contributed by atoms with E-state index >= 15 is 0 Å². The lowest BCUT2D eigenvalue weighted by Gasteiger charge is -2.21. The highest BCUT2D eigenvalue weighted by molar-refractivity contribution is 14.1. The van der Waals surface area contributed by atoms with E-state index in [1.807, 2.05) is 18.2 Å². The van der Waals surface area contributed by atoms with Crippen LogP contribution in [-0.2, 0) is 6.54 Å². The Morgan fingerprint density at radius 1 is 1.23 bits per heavy atom. The van der Waals surface area contributed by atoms with E-state index in [9.17, 15) is 0 Å². The summed E-state index contributed by atoms with van der Waals surface area (Å²) in [6.07, 6.45) is 2.72. The van der Waals surface area contributed by atoms with E-state index in [-0.39, 0.29) is 5.54 Å². The highest BCUT2D eigenvalue weighted by atomic mass is 127. The number of hydrogen-bond donors (Lipinski definition) is 2. The van der Waals surface area contributed by atoms with Crippen LogP contribution in [0, 0.1) is 3.57 Å². The first-order valence-electron chi connectivity index (χ1n) is 9.94. The summed E-state index contributed by atoms with van der Waals surface area (Å²) in [6.45, 7) is 9.45. The van der Waals surface area contributed by atoms with Crippen molar-refractivity contribution in [1.29, 1.82) is 0 Å². The molecule has 0 saturated heterocycles. The smallest absolute Gasteiger partial charge is 0.174 e. The summed E-state index contributed by atoms with van der Waals surface area (Å²) in [5.41, 5.74) is 7.97. The average molecular weight is 539 g/mol. The molecule has 1 aromatic carbocycles. The van der Waals surface area contributed by atoms with Crippen LogP contribution in [0.25, 0.3) is 11.0 Å². The molecule has 160 valence electrons. The predicted octanol–water partition coefficient (Wildman–Crippen LogP) is 4.32. The molecule has 30 heavy (non-hydrogen) atoms. The summed E-state index contributed by atoms with van der Waals surface area (Å²) in [5.74, 6) is 2.03. The molecule has 0 radical (unpaired) electrons. The number of rotatable bonds is 6. The summed E-state index contributed by atoms with van der Waals surface area (Å²) in [7, 11) is 0. The molecule has 0 bridgehead atoms. The molecule has 1 aliphatic rings. The van der Waals surface area contributed by atoms with Crippen molar-refractivity contribution in [2.24, 2.45) is 0 Å². The van der Waals surface area contributed by atoms with Gasteiger partial charge in [-0.2, -0.15) is 0 Å². The summed E-state index contributed by atoms with van der Waals surface area (Å²) in [4.78, 5) is 10.1. The summed E-state index contributed by atoms with van der Waals surface area (Å²) in [6, 6.07) is 6.04. The molecule has 4 rings (SSSR count). The lowest BCUT2D eigenvalue weighted by molar-refractivity contribution is 0.171. The first kappa shape index (κ1) is 21.5. The quantitative estimate of drug-likeness (QED) is 0.357. The van der Waals surface area contributed by atoms with Gasteiger partial charge in [-0.15, -0.1) is 0 Å². The molecule has 0 unspecified atom stereocenters. The first-order valence-corrected chi connectivity index (χ1v) is 11.8. The second-order valence-corrected chi connectivity index (χ2v) is 10.3. The second-order valence-electron chi connectivity index (χ2n) is 8.17. The molecule has 1 aliphatic heterocycles. The molecular weight excluding hydrogens is 513 g/mol. The normalized spacial score (nSPS) is 13.7. The number of ether oxygens (including phenoxy) is 2. The summed E-state index contributed by atoms with van der Waals surface area (Å²) < 4.78 is 14.8. The number of halogens is 1. The van der Waals surface area contributed by atoms with Crippen LogP contribution in [0.3, 0.4) is 0 Å². The van der Waals surface area contributed by atoms with Crippen LogP contribution in [0.5, 0.6) is 11.5 Å². The monoisotopic (exact) mass is 539 g/mol. The number of benzene rings is 1. The van der Waals surface area contributed by atoms with E-state index in [0.29, 0.717) is 19.0 Å². The van der Waals surface area contributed by atoms with Crippen molar-refractivity contribution >= 4 is 51.2 Å². The molecule has 3 N–H and O–H groups in total. The number of hydrogen-bond acceptors (Lipinski definition) is 7. The summed E-state index contributed by atoms with van der Waals surface area (Å²) in [5, 5.41) is 4.45. The van der Waals surface area contributed by atoms with Gasteiger partial charge >= 0.3 is 0 Å². The van der Waals surface area contributed by atoms with Gasteiger partial charge in [-0.05, 0) is 74.5 Å². The Morgan fingerprint density at radius 2 is 1.97 bits per heavy atom. The van der Waals surface area contributed by atoms with Crippen LogP contribution >= 0.6 is 34.4 Å². The van der Waals surface area contributed by atoms with Crippen LogP contribution in [0.1, 0.15) is 27.2 Å². The molecule has 0 saturated carbocycles. The zero-order valence-corrected chi connectivity index (χ0v) is 20.3. The number of pyridine rings is 1. The number of aryl methyl sites for hydroxylation is 1. The van der Waals surface area contributed by atoms with Crippen molar-refractivity contribution < 1.29 is 9.47 Å². The molecule has 0 spiro atoms. The number of nitrogens with two attached hydrogens (primary N) is 1.